The highest BCUT2D eigenvalue weighted by Gasteiger charge is 2.26. The first-order chi connectivity index (χ1) is 8.49. The van der Waals surface area contributed by atoms with Gasteiger partial charge in [-0.05, 0) is 37.0 Å². The smallest absolute Gasteiger partial charge is 0.253 e. The third-order valence-electron chi connectivity index (χ3n) is 3.71. The Balaban J connectivity index is 2.14. The molecule has 0 radical (unpaired) electrons. The molecule has 1 saturated heterocycles. The van der Waals surface area contributed by atoms with Gasteiger partial charge in [-0.2, -0.15) is 0 Å². The number of likely N-dealkylation sites (tertiary alicyclic amines) is 1. The molecule has 1 heterocycles. The van der Waals surface area contributed by atoms with Gasteiger partial charge in [-0.25, -0.2) is 0 Å². The lowest BCUT2D eigenvalue weighted by atomic mass is 9.94. The molecule has 1 aromatic rings. The van der Waals surface area contributed by atoms with Crippen molar-refractivity contribution in [1.82, 2.24) is 4.90 Å². The zero-order valence-corrected chi connectivity index (χ0v) is 10.9. The summed E-state index contributed by atoms with van der Waals surface area (Å²) in [7, 11) is 0. The number of carbonyl (C=O) groups excluding carboxylic acids is 1. The molecule has 1 aromatic carbocycles. The highest BCUT2D eigenvalue weighted by atomic mass is 16.3. The minimum Gasteiger partial charge on any atom is -0.508 e. The Labute approximate surface area is 107 Å². The van der Waals surface area contributed by atoms with Gasteiger partial charge in [0.2, 0.25) is 0 Å². The van der Waals surface area contributed by atoms with Gasteiger partial charge in [0.25, 0.3) is 5.91 Å². The van der Waals surface area contributed by atoms with Crippen molar-refractivity contribution in [1.29, 1.82) is 0 Å². The topological polar surface area (TPSA) is 66.6 Å². The zero-order chi connectivity index (χ0) is 13.3. The van der Waals surface area contributed by atoms with Crippen LogP contribution in [0.15, 0.2) is 18.2 Å². The molecule has 1 aliphatic heterocycles. The summed E-state index contributed by atoms with van der Waals surface area (Å²) in [5, 5.41) is 9.65. The molecule has 2 unspecified atom stereocenters. The van der Waals surface area contributed by atoms with Gasteiger partial charge in [-0.3, -0.25) is 4.79 Å². The van der Waals surface area contributed by atoms with E-state index in [0.717, 1.165) is 12.0 Å². The van der Waals surface area contributed by atoms with Crippen LogP contribution in [0.3, 0.4) is 0 Å². The fraction of sp³-hybridized carbons (Fsp3) is 0.500. The second kappa shape index (κ2) is 4.98. The molecular formula is C14H20N2O2. The van der Waals surface area contributed by atoms with Gasteiger partial charge >= 0.3 is 0 Å². The average Bonchev–Trinajstić information content (AvgIpc) is 2.35. The molecule has 0 aliphatic carbocycles. The van der Waals surface area contributed by atoms with Crippen molar-refractivity contribution < 1.29 is 9.90 Å². The Kier molecular flexibility index (Phi) is 3.57. The molecule has 18 heavy (non-hydrogen) atoms. The lowest BCUT2D eigenvalue weighted by Crippen LogP contribution is -2.48. The quantitative estimate of drug-likeness (QED) is 0.791. The molecule has 1 aliphatic rings. The van der Waals surface area contributed by atoms with Crippen LogP contribution in [-0.4, -0.2) is 35.0 Å². The Morgan fingerprint density at radius 1 is 1.50 bits per heavy atom. The Bertz CT molecular complexity index is 459. The van der Waals surface area contributed by atoms with E-state index in [1.807, 2.05) is 11.8 Å². The van der Waals surface area contributed by atoms with E-state index in [1.54, 1.807) is 12.1 Å². The average molecular weight is 248 g/mol. The first kappa shape index (κ1) is 12.9. The molecule has 2 atom stereocenters. The highest BCUT2D eigenvalue weighted by Crippen LogP contribution is 2.21. The molecule has 0 saturated carbocycles. The Hall–Kier alpha value is -1.55. The number of rotatable bonds is 1. The molecule has 4 heteroatoms. The fourth-order valence-electron chi connectivity index (χ4n) is 2.27. The molecule has 98 valence electrons. The van der Waals surface area contributed by atoms with Crippen LogP contribution in [0.2, 0.25) is 0 Å². The third-order valence-corrected chi connectivity index (χ3v) is 3.71. The van der Waals surface area contributed by atoms with Gasteiger partial charge in [-0.15, -0.1) is 0 Å². The Morgan fingerprint density at radius 3 is 2.83 bits per heavy atom. The second-order valence-corrected chi connectivity index (χ2v) is 5.18. The summed E-state index contributed by atoms with van der Waals surface area (Å²) >= 11 is 0. The standard InChI is InChI=1S/C14H20N2O2/c1-9-3-4-11(7-13(9)17)14(18)16-6-5-12(15)10(2)8-16/h3-4,7,10,12,17H,5-6,8,15H2,1-2H3. The summed E-state index contributed by atoms with van der Waals surface area (Å²) in [6.45, 7) is 5.26. The van der Waals surface area contributed by atoms with Gasteiger partial charge in [-0.1, -0.05) is 13.0 Å². The van der Waals surface area contributed by atoms with E-state index in [2.05, 4.69) is 6.92 Å². The lowest BCUT2D eigenvalue weighted by Gasteiger charge is -2.35. The molecule has 0 aromatic heterocycles. The van der Waals surface area contributed by atoms with Crippen LogP contribution in [-0.2, 0) is 0 Å². The Morgan fingerprint density at radius 2 is 2.22 bits per heavy atom. The number of hydrogen-bond donors (Lipinski definition) is 2. The van der Waals surface area contributed by atoms with E-state index in [0.29, 0.717) is 24.6 Å². The number of nitrogens with two attached hydrogens (primary N) is 1. The van der Waals surface area contributed by atoms with Crippen LogP contribution in [0.5, 0.6) is 5.75 Å². The number of phenols is 1. The minimum atomic E-state index is -0.0240. The van der Waals surface area contributed by atoms with Gasteiger partial charge in [0.15, 0.2) is 0 Å². The first-order valence-electron chi connectivity index (χ1n) is 6.33. The number of hydrogen-bond acceptors (Lipinski definition) is 3. The number of piperidine rings is 1. The van der Waals surface area contributed by atoms with Crippen LogP contribution >= 0.6 is 0 Å². The summed E-state index contributed by atoms with van der Waals surface area (Å²) in [5.41, 5.74) is 7.27. The molecule has 4 nitrogen and oxygen atoms in total. The predicted molar refractivity (Wildman–Crippen MR) is 70.5 cm³/mol. The number of benzene rings is 1. The molecular weight excluding hydrogens is 228 g/mol. The van der Waals surface area contributed by atoms with Crippen molar-refractivity contribution in [2.24, 2.45) is 11.7 Å². The summed E-state index contributed by atoms with van der Waals surface area (Å²) in [6.07, 6.45) is 0.838. The summed E-state index contributed by atoms with van der Waals surface area (Å²) in [6, 6.07) is 5.25. The maximum absolute atomic E-state index is 12.3. The molecule has 1 amide bonds. The number of amides is 1. The number of nitrogens with zero attached hydrogens (tertiary/aromatic N) is 1. The molecule has 2 rings (SSSR count). The predicted octanol–water partition coefficient (Wildman–Crippen LogP) is 1.51. The van der Waals surface area contributed by atoms with Crippen LogP contribution in [0.25, 0.3) is 0 Å². The number of phenolic OH excluding ortho intramolecular Hbond substituents is 1. The third kappa shape index (κ3) is 2.48. The van der Waals surface area contributed by atoms with E-state index in [-0.39, 0.29) is 17.7 Å². The van der Waals surface area contributed by atoms with Gasteiger partial charge < -0.3 is 15.7 Å². The van der Waals surface area contributed by atoms with Crippen LogP contribution in [0.4, 0.5) is 0 Å². The SMILES string of the molecule is Cc1ccc(C(=O)N2CCC(N)C(C)C2)cc1O. The van der Waals surface area contributed by atoms with Gasteiger partial charge in [0.05, 0.1) is 0 Å². The summed E-state index contributed by atoms with van der Waals surface area (Å²) in [5.74, 6) is 0.466. The number of aryl methyl sites for hydroxylation is 1. The van der Waals surface area contributed by atoms with Crippen molar-refractivity contribution >= 4 is 5.91 Å². The van der Waals surface area contributed by atoms with E-state index >= 15 is 0 Å². The van der Waals surface area contributed by atoms with Crippen molar-refractivity contribution in [3.63, 3.8) is 0 Å². The maximum Gasteiger partial charge on any atom is 0.253 e. The minimum absolute atomic E-state index is 0.0240. The monoisotopic (exact) mass is 248 g/mol. The lowest BCUT2D eigenvalue weighted by molar-refractivity contribution is 0.0664. The van der Waals surface area contributed by atoms with E-state index in [9.17, 15) is 9.90 Å². The summed E-state index contributed by atoms with van der Waals surface area (Å²) in [4.78, 5) is 14.1. The summed E-state index contributed by atoms with van der Waals surface area (Å²) < 4.78 is 0. The van der Waals surface area contributed by atoms with Crippen LogP contribution < -0.4 is 5.73 Å². The van der Waals surface area contributed by atoms with Crippen LogP contribution in [0.1, 0.15) is 29.3 Å². The van der Waals surface area contributed by atoms with Gasteiger partial charge in [0, 0.05) is 24.7 Å². The first-order valence-corrected chi connectivity index (χ1v) is 6.33. The van der Waals surface area contributed by atoms with E-state index < -0.39 is 0 Å². The second-order valence-electron chi connectivity index (χ2n) is 5.18. The van der Waals surface area contributed by atoms with Crippen molar-refractivity contribution in [3.8, 4) is 5.75 Å². The molecule has 3 N–H and O–H groups in total. The number of aromatic hydroxyl groups is 1. The molecule has 1 fully saturated rings. The van der Waals surface area contributed by atoms with E-state index in [4.69, 9.17) is 5.73 Å². The van der Waals surface area contributed by atoms with Crippen molar-refractivity contribution in [3.05, 3.63) is 29.3 Å². The zero-order valence-electron chi connectivity index (χ0n) is 10.9. The van der Waals surface area contributed by atoms with Crippen molar-refractivity contribution in [2.45, 2.75) is 26.3 Å². The number of carbonyl (C=O) groups is 1. The molecule has 0 spiro atoms. The normalized spacial score (nSPS) is 24.1. The molecule has 0 bridgehead atoms. The van der Waals surface area contributed by atoms with Crippen molar-refractivity contribution in [2.75, 3.05) is 13.1 Å². The highest BCUT2D eigenvalue weighted by molar-refractivity contribution is 5.94. The largest absolute Gasteiger partial charge is 0.508 e. The van der Waals surface area contributed by atoms with E-state index in [1.165, 1.54) is 6.07 Å². The van der Waals surface area contributed by atoms with Crippen LogP contribution in [0, 0.1) is 12.8 Å². The van der Waals surface area contributed by atoms with Gasteiger partial charge in [0.1, 0.15) is 5.75 Å². The maximum atomic E-state index is 12.3. The fourth-order valence-corrected chi connectivity index (χ4v) is 2.27.